The van der Waals surface area contributed by atoms with E-state index in [0.29, 0.717) is 26.4 Å². The quantitative estimate of drug-likeness (QED) is 0.141. The average molecular weight is 419 g/mol. The summed E-state index contributed by atoms with van der Waals surface area (Å²) in [5.41, 5.74) is 0. The molecular weight excluding hydrogens is 366 g/mol. The van der Waals surface area contributed by atoms with Gasteiger partial charge in [0.05, 0.1) is 26.2 Å². The van der Waals surface area contributed by atoms with Crippen molar-refractivity contribution >= 4 is 0 Å². The predicted octanol–water partition coefficient (Wildman–Crippen LogP) is 4.01. The largest absolute Gasteiger partial charge is 0.396 e. The van der Waals surface area contributed by atoms with E-state index in [1.54, 1.807) is 0 Å². The van der Waals surface area contributed by atoms with Gasteiger partial charge in [-0.25, -0.2) is 0 Å². The van der Waals surface area contributed by atoms with Crippen molar-refractivity contribution < 1.29 is 24.9 Å². The van der Waals surface area contributed by atoms with Gasteiger partial charge in [-0.15, -0.1) is 0 Å². The fraction of sp³-hybridized carbons (Fsp3) is 1.00. The highest BCUT2D eigenvalue weighted by Gasteiger charge is 2.25. The molecule has 0 aliphatic rings. The molecule has 0 aromatic heterocycles. The lowest BCUT2D eigenvalue weighted by Crippen LogP contribution is -2.50. The fourth-order valence-electron chi connectivity index (χ4n) is 4.32. The first-order valence-corrected chi connectivity index (χ1v) is 12.5. The lowest BCUT2D eigenvalue weighted by atomic mass is 10.1. The molecule has 0 atom stereocenters. The fourth-order valence-corrected chi connectivity index (χ4v) is 4.32. The summed E-state index contributed by atoms with van der Waals surface area (Å²) in [5.74, 6) is 0. The summed E-state index contributed by atoms with van der Waals surface area (Å²) in [4.78, 5) is 0. The Labute approximate surface area is 180 Å². The average Bonchev–Trinajstić information content (AvgIpc) is 2.73. The molecule has 0 saturated heterocycles. The van der Waals surface area contributed by atoms with E-state index in [1.807, 2.05) is 0 Å². The SMILES string of the molecule is OCCCCCC[N+](CCCCCCO)(CCCCCCO)CCCCCCO. The molecule has 0 saturated carbocycles. The molecule has 0 aromatic rings. The second-order valence-electron chi connectivity index (χ2n) is 8.79. The van der Waals surface area contributed by atoms with Gasteiger partial charge in [0, 0.05) is 26.4 Å². The number of hydrogen-bond acceptors (Lipinski definition) is 4. The molecule has 0 unspecified atom stereocenters. The third kappa shape index (κ3) is 18.3. The minimum absolute atomic E-state index is 0.306. The Morgan fingerprint density at radius 3 is 0.690 bits per heavy atom. The zero-order valence-electron chi connectivity index (χ0n) is 19.2. The van der Waals surface area contributed by atoms with Crippen LogP contribution in [0, 0.1) is 0 Å². The van der Waals surface area contributed by atoms with Crippen molar-refractivity contribution in [2.75, 3.05) is 52.6 Å². The smallest absolute Gasteiger partial charge is 0.0786 e. The topological polar surface area (TPSA) is 80.9 Å². The van der Waals surface area contributed by atoms with E-state index in [0.717, 1.165) is 51.4 Å². The molecule has 4 N–H and O–H groups in total. The van der Waals surface area contributed by atoms with Crippen LogP contribution in [0.15, 0.2) is 0 Å². The highest BCUT2D eigenvalue weighted by molar-refractivity contribution is 4.54. The van der Waals surface area contributed by atoms with Gasteiger partial charge in [-0.1, -0.05) is 25.7 Å². The first-order chi connectivity index (χ1) is 14.2. The van der Waals surface area contributed by atoms with Crippen molar-refractivity contribution in [2.45, 2.75) is 103 Å². The molecule has 5 heteroatoms. The highest BCUT2D eigenvalue weighted by Crippen LogP contribution is 2.19. The highest BCUT2D eigenvalue weighted by atomic mass is 16.3. The van der Waals surface area contributed by atoms with Crippen LogP contribution in [0.1, 0.15) is 103 Å². The van der Waals surface area contributed by atoms with Crippen molar-refractivity contribution in [3.63, 3.8) is 0 Å². The van der Waals surface area contributed by atoms with E-state index < -0.39 is 0 Å². The van der Waals surface area contributed by atoms with E-state index in [2.05, 4.69) is 0 Å². The molecule has 0 aliphatic carbocycles. The summed E-state index contributed by atoms with van der Waals surface area (Å²) in [7, 11) is 0. The second-order valence-corrected chi connectivity index (χ2v) is 8.79. The van der Waals surface area contributed by atoms with Gasteiger partial charge in [0.15, 0.2) is 0 Å². The minimum Gasteiger partial charge on any atom is -0.396 e. The van der Waals surface area contributed by atoms with Gasteiger partial charge in [-0.05, 0) is 77.0 Å². The Balaban J connectivity index is 4.69. The van der Waals surface area contributed by atoms with Gasteiger partial charge in [0.2, 0.25) is 0 Å². The number of quaternary nitrogens is 1. The molecule has 0 bridgehead atoms. The summed E-state index contributed by atoms with van der Waals surface area (Å²) < 4.78 is 1.22. The Bertz CT molecular complexity index is 254. The van der Waals surface area contributed by atoms with Gasteiger partial charge in [-0.3, -0.25) is 0 Å². The summed E-state index contributed by atoms with van der Waals surface area (Å²) in [6.45, 7) is 6.19. The number of aliphatic hydroxyl groups is 4. The Kier molecular flexibility index (Phi) is 22.3. The zero-order chi connectivity index (χ0) is 21.5. The Morgan fingerprint density at radius 2 is 0.483 bits per heavy atom. The monoisotopic (exact) mass is 418 g/mol. The van der Waals surface area contributed by atoms with Crippen LogP contribution in [0.3, 0.4) is 0 Å². The number of unbranched alkanes of at least 4 members (excludes halogenated alkanes) is 12. The first-order valence-electron chi connectivity index (χ1n) is 12.5. The maximum atomic E-state index is 9.03. The third-order valence-electron chi connectivity index (χ3n) is 6.16. The van der Waals surface area contributed by atoms with Crippen molar-refractivity contribution in [1.29, 1.82) is 0 Å². The molecule has 0 spiro atoms. The molecule has 0 rings (SSSR count). The lowest BCUT2D eigenvalue weighted by molar-refractivity contribution is -0.929. The molecule has 0 heterocycles. The van der Waals surface area contributed by atoms with E-state index in [4.69, 9.17) is 20.4 Å². The first kappa shape index (κ1) is 28.8. The summed E-state index contributed by atoms with van der Waals surface area (Å²) in [6, 6.07) is 0. The molecule has 0 fully saturated rings. The van der Waals surface area contributed by atoms with Crippen LogP contribution in [0.2, 0.25) is 0 Å². The van der Waals surface area contributed by atoms with Crippen molar-refractivity contribution in [3.05, 3.63) is 0 Å². The molecule has 5 nitrogen and oxygen atoms in total. The van der Waals surface area contributed by atoms with E-state index in [9.17, 15) is 0 Å². The summed E-state index contributed by atoms with van der Waals surface area (Å²) in [5, 5.41) is 36.1. The van der Waals surface area contributed by atoms with Crippen molar-refractivity contribution in [1.82, 2.24) is 0 Å². The number of nitrogens with zero attached hydrogens (tertiary/aromatic N) is 1. The van der Waals surface area contributed by atoms with Gasteiger partial charge in [-0.2, -0.15) is 0 Å². The van der Waals surface area contributed by atoms with E-state index >= 15 is 0 Å². The predicted molar refractivity (Wildman–Crippen MR) is 122 cm³/mol. The standard InChI is InChI=1S/C24H52NO4/c26-21-13-5-1-9-17-25(18-10-2-6-14-22-27,19-11-3-7-15-23-28)20-12-4-8-16-24-29/h26-29H,1-24H2/q+1. The molecule has 0 aliphatic heterocycles. The molecule has 0 amide bonds. The molecule has 0 aromatic carbocycles. The third-order valence-corrected chi connectivity index (χ3v) is 6.16. The van der Waals surface area contributed by atoms with Gasteiger partial charge in [0.1, 0.15) is 0 Å². The summed E-state index contributed by atoms with van der Waals surface area (Å²) >= 11 is 0. The molecule has 0 radical (unpaired) electrons. The van der Waals surface area contributed by atoms with Crippen molar-refractivity contribution in [3.8, 4) is 0 Å². The zero-order valence-corrected chi connectivity index (χ0v) is 19.2. The number of hydrogen-bond donors (Lipinski definition) is 4. The maximum absolute atomic E-state index is 9.03. The van der Waals surface area contributed by atoms with Gasteiger partial charge < -0.3 is 24.9 Å². The normalized spacial score (nSPS) is 12.0. The van der Waals surface area contributed by atoms with Crippen LogP contribution in [-0.4, -0.2) is 77.5 Å². The molecule has 176 valence electrons. The number of aliphatic hydroxyl groups excluding tert-OH is 4. The Hall–Kier alpha value is -0.200. The molecular formula is C24H52NO4+. The molecule has 29 heavy (non-hydrogen) atoms. The Morgan fingerprint density at radius 1 is 0.276 bits per heavy atom. The van der Waals surface area contributed by atoms with Crippen LogP contribution in [0.25, 0.3) is 0 Å². The second kappa shape index (κ2) is 22.5. The number of rotatable bonds is 24. The van der Waals surface area contributed by atoms with Gasteiger partial charge >= 0.3 is 0 Å². The van der Waals surface area contributed by atoms with Crippen LogP contribution in [0.5, 0.6) is 0 Å². The maximum Gasteiger partial charge on any atom is 0.0786 e. The van der Waals surface area contributed by atoms with E-state index in [-0.39, 0.29) is 0 Å². The van der Waals surface area contributed by atoms with Crippen molar-refractivity contribution in [2.24, 2.45) is 0 Å². The minimum atomic E-state index is 0.306. The van der Waals surface area contributed by atoms with Gasteiger partial charge in [0.25, 0.3) is 0 Å². The van der Waals surface area contributed by atoms with E-state index in [1.165, 1.54) is 82.0 Å². The van der Waals surface area contributed by atoms with Crippen LogP contribution >= 0.6 is 0 Å². The summed E-state index contributed by atoms with van der Waals surface area (Å²) in [6.07, 6.45) is 18.0. The lowest BCUT2D eigenvalue weighted by Gasteiger charge is -2.39. The van der Waals surface area contributed by atoms with Crippen LogP contribution in [0.4, 0.5) is 0 Å². The van der Waals surface area contributed by atoms with Crippen LogP contribution < -0.4 is 0 Å². The van der Waals surface area contributed by atoms with Crippen LogP contribution in [-0.2, 0) is 0 Å².